The van der Waals surface area contributed by atoms with E-state index in [1.54, 1.807) is 6.20 Å². The highest BCUT2D eigenvalue weighted by Crippen LogP contribution is 2.28. The summed E-state index contributed by atoms with van der Waals surface area (Å²) >= 11 is 11.9. The van der Waals surface area contributed by atoms with Crippen LogP contribution in [0.2, 0.25) is 10.0 Å². The van der Waals surface area contributed by atoms with Crippen LogP contribution in [0.25, 0.3) is 10.9 Å². The normalized spacial score (nSPS) is 11.2. The van der Waals surface area contributed by atoms with Crippen LogP contribution < -0.4 is 15.6 Å². The van der Waals surface area contributed by atoms with E-state index in [1.807, 2.05) is 24.3 Å². The fraction of sp³-hybridized carbons (Fsp3) is 0.0435. The Bertz CT molecular complexity index is 1500. The minimum atomic E-state index is -4.06. The average molecular weight is 517 g/mol. The molecule has 1 heterocycles. The third kappa shape index (κ3) is 5.33. The maximum Gasteiger partial charge on any atom is 0.269 e. The van der Waals surface area contributed by atoms with Gasteiger partial charge >= 0.3 is 0 Å². The molecule has 174 valence electrons. The molecule has 0 saturated carbocycles. The van der Waals surface area contributed by atoms with E-state index >= 15 is 0 Å². The van der Waals surface area contributed by atoms with Gasteiger partial charge in [0.1, 0.15) is 0 Å². The molecule has 8 nitrogen and oxygen atoms in total. The molecule has 0 saturated heterocycles. The van der Waals surface area contributed by atoms with Gasteiger partial charge < -0.3 is 4.98 Å². The highest BCUT2D eigenvalue weighted by molar-refractivity contribution is 7.92. The molecule has 0 aliphatic carbocycles. The summed E-state index contributed by atoms with van der Waals surface area (Å²) in [6.45, 7) is 0. The molecule has 4 N–H and O–H groups in total. The molecule has 0 radical (unpaired) electrons. The van der Waals surface area contributed by atoms with Gasteiger partial charge in [-0.05, 0) is 48.0 Å². The van der Waals surface area contributed by atoms with Crippen LogP contribution in [0, 0.1) is 0 Å². The zero-order valence-corrected chi connectivity index (χ0v) is 19.8. The Morgan fingerprint density at radius 3 is 2.53 bits per heavy atom. The lowest BCUT2D eigenvalue weighted by molar-refractivity contribution is -0.121. The lowest BCUT2D eigenvalue weighted by atomic mass is 10.1. The van der Waals surface area contributed by atoms with Crippen molar-refractivity contribution in [1.29, 1.82) is 0 Å². The number of anilines is 1. The fourth-order valence-corrected chi connectivity index (χ4v) is 4.79. The van der Waals surface area contributed by atoms with E-state index in [2.05, 4.69) is 20.6 Å². The number of halogens is 2. The molecule has 3 aromatic carbocycles. The lowest BCUT2D eigenvalue weighted by Crippen LogP contribution is -2.42. The number of H-pyrrole nitrogens is 1. The van der Waals surface area contributed by atoms with Crippen LogP contribution in [0.3, 0.4) is 0 Å². The van der Waals surface area contributed by atoms with E-state index in [1.165, 1.54) is 42.5 Å². The van der Waals surface area contributed by atoms with Crippen molar-refractivity contribution in [3.63, 3.8) is 0 Å². The Labute approximate surface area is 205 Å². The van der Waals surface area contributed by atoms with Crippen LogP contribution in [-0.2, 0) is 21.2 Å². The van der Waals surface area contributed by atoms with Gasteiger partial charge in [0, 0.05) is 27.7 Å². The Balaban J connectivity index is 1.42. The first kappa shape index (κ1) is 23.6. The lowest BCUT2D eigenvalue weighted by Gasteiger charge is -2.11. The summed E-state index contributed by atoms with van der Waals surface area (Å²) in [5.41, 5.74) is 6.47. The first-order valence-corrected chi connectivity index (χ1v) is 12.2. The van der Waals surface area contributed by atoms with Crippen molar-refractivity contribution in [2.75, 3.05) is 4.72 Å². The Morgan fingerprint density at radius 2 is 1.71 bits per heavy atom. The molecule has 4 aromatic rings. The summed E-state index contributed by atoms with van der Waals surface area (Å²) in [5, 5.41) is 1.38. The molecule has 0 aliphatic rings. The molecule has 0 aliphatic heterocycles. The zero-order valence-electron chi connectivity index (χ0n) is 17.4. The molecule has 2 amide bonds. The van der Waals surface area contributed by atoms with Crippen molar-refractivity contribution < 1.29 is 18.0 Å². The van der Waals surface area contributed by atoms with Gasteiger partial charge in [-0.3, -0.25) is 25.2 Å². The number of hydrogen-bond donors (Lipinski definition) is 4. The summed E-state index contributed by atoms with van der Waals surface area (Å²) in [5.74, 6) is -1.11. The van der Waals surface area contributed by atoms with Gasteiger partial charge in [0.05, 0.1) is 22.0 Å². The molecule has 0 atom stereocenters. The maximum absolute atomic E-state index is 12.8. The molecule has 4 rings (SSSR count). The third-order valence-corrected chi connectivity index (χ3v) is 6.85. The van der Waals surface area contributed by atoms with E-state index < -0.39 is 21.8 Å². The number of sulfonamides is 1. The van der Waals surface area contributed by atoms with Crippen molar-refractivity contribution in [2.24, 2.45) is 0 Å². The quantitative estimate of drug-likeness (QED) is 0.286. The summed E-state index contributed by atoms with van der Waals surface area (Å²) in [7, 11) is -4.06. The molecule has 0 spiro atoms. The number of fused-ring (bicyclic) bond motifs is 1. The molecule has 11 heteroatoms. The average Bonchev–Trinajstić information content (AvgIpc) is 3.22. The number of nitrogens with one attached hydrogen (secondary N) is 4. The molecule has 0 unspecified atom stereocenters. The largest absolute Gasteiger partial charge is 0.361 e. The minimum absolute atomic E-state index is 0.0347. The number of aromatic nitrogens is 1. The van der Waals surface area contributed by atoms with E-state index in [0.29, 0.717) is 5.02 Å². The number of para-hydroxylation sites is 1. The predicted molar refractivity (Wildman–Crippen MR) is 131 cm³/mol. The zero-order chi connectivity index (χ0) is 24.3. The van der Waals surface area contributed by atoms with E-state index in [9.17, 15) is 18.0 Å². The summed E-state index contributed by atoms with van der Waals surface area (Å²) in [4.78, 5) is 27.7. The van der Waals surface area contributed by atoms with Gasteiger partial charge in [-0.1, -0.05) is 47.5 Å². The molecule has 0 bridgehead atoms. The molecule has 0 fully saturated rings. The first-order valence-electron chi connectivity index (χ1n) is 9.95. The van der Waals surface area contributed by atoms with Crippen molar-refractivity contribution in [1.82, 2.24) is 15.8 Å². The standard InChI is InChI=1S/C23H18Cl2N4O4S/c24-16-8-9-19(25)21(12-16)29-34(32,33)17-5-3-4-14(10-17)23(31)28-27-22(30)11-15-13-26-20-7-2-1-6-18(15)20/h1-10,12-13,26,29H,11H2,(H,27,30)(H,28,31). The minimum Gasteiger partial charge on any atom is -0.361 e. The topological polar surface area (TPSA) is 120 Å². The second-order valence-electron chi connectivity index (χ2n) is 7.30. The number of carbonyl (C=O) groups excluding carboxylic acids is 2. The highest BCUT2D eigenvalue weighted by Gasteiger charge is 2.18. The summed E-state index contributed by atoms with van der Waals surface area (Å²) < 4.78 is 27.9. The smallest absolute Gasteiger partial charge is 0.269 e. The third-order valence-electron chi connectivity index (χ3n) is 4.92. The van der Waals surface area contributed by atoms with Gasteiger partial charge in [-0.25, -0.2) is 8.42 Å². The highest BCUT2D eigenvalue weighted by atomic mass is 35.5. The first-order chi connectivity index (χ1) is 16.2. The van der Waals surface area contributed by atoms with Gasteiger partial charge in [-0.15, -0.1) is 0 Å². The second-order valence-corrected chi connectivity index (χ2v) is 9.82. The van der Waals surface area contributed by atoms with E-state index in [-0.39, 0.29) is 27.6 Å². The van der Waals surface area contributed by atoms with Gasteiger partial charge in [0.25, 0.3) is 15.9 Å². The van der Waals surface area contributed by atoms with Crippen LogP contribution in [0.15, 0.2) is 77.8 Å². The molecule has 34 heavy (non-hydrogen) atoms. The predicted octanol–water partition coefficient (Wildman–Crippen LogP) is 4.28. The molecular weight excluding hydrogens is 499 g/mol. The molecule has 1 aromatic heterocycles. The Hall–Kier alpha value is -3.53. The van der Waals surface area contributed by atoms with Crippen LogP contribution >= 0.6 is 23.2 Å². The van der Waals surface area contributed by atoms with Crippen LogP contribution in [0.4, 0.5) is 5.69 Å². The van der Waals surface area contributed by atoms with Gasteiger partial charge in [-0.2, -0.15) is 0 Å². The number of benzene rings is 3. The van der Waals surface area contributed by atoms with Gasteiger partial charge in [0.15, 0.2) is 0 Å². The molecular formula is C23H18Cl2N4O4S. The fourth-order valence-electron chi connectivity index (χ4n) is 3.28. The Kier molecular flexibility index (Phi) is 6.78. The summed E-state index contributed by atoms with van der Waals surface area (Å²) in [6, 6.07) is 17.3. The van der Waals surface area contributed by atoms with Crippen molar-refractivity contribution in [2.45, 2.75) is 11.3 Å². The van der Waals surface area contributed by atoms with Crippen LogP contribution in [0.1, 0.15) is 15.9 Å². The van der Waals surface area contributed by atoms with Crippen molar-refractivity contribution in [3.05, 3.63) is 94.1 Å². The monoisotopic (exact) mass is 516 g/mol. The second kappa shape index (κ2) is 9.76. The van der Waals surface area contributed by atoms with Gasteiger partial charge in [0.2, 0.25) is 5.91 Å². The maximum atomic E-state index is 12.8. The number of aromatic amines is 1. The van der Waals surface area contributed by atoms with E-state index in [0.717, 1.165) is 16.5 Å². The number of hydrogen-bond acceptors (Lipinski definition) is 4. The Morgan fingerprint density at radius 1 is 0.912 bits per heavy atom. The SMILES string of the molecule is O=C(Cc1c[nH]c2ccccc12)NNC(=O)c1cccc(S(=O)(=O)Nc2cc(Cl)ccc2Cl)c1. The van der Waals surface area contributed by atoms with E-state index in [4.69, 9.17) is 23.2 Å². The number of amides is 2. The van der Waals surface area contributed by atoms with Crippen LogP contribution in [-0.4, -0.2) is 25.2 Å². The summed E-state index contributed by atoms with van der Waals surface area (Å²) in [6.07, 6.45) is 1.78. The number of hydrazine groups is 1. The van der Waals surface area contributed by atoms with Crippen molar-refractivity contribution in [3.8, 4) is 0 Å². The van der Waals surface area contributed by atoms with Crippen molar-refractivity contribution >= 4 is 61.6 Å². The number of carbonyl (C=O) groups is 2. The van der Waals surface area contributed by atoms with Crippen LogP contribution in [0.5, 0.6) is 0 Å². The number of rotatable bonds is 6.